The molecular weight excluding hydrogens is 314 g/mol. The molecule has 1 amide bonds. The van der Waals surface area contributed by atoms with E-state index in [2.05, 4.69) is 4.74 Å². The first-order valence-electron chi connectivity index (χ1n) is 7.57. The lowest BCUT2D eigenvalue weighted by Gasteiger charge is -2.18. The molecule has 0 aromatic heterocycles. The normalized spacial score (nSPS) is 10.7. The second-order valence-corrected chi connectivity index (χ2v) is 5.47. The molecule has 0 aliphatic rings. The molecule has 2 aromatic rings. The van der Waals surface area contributed by atoms with Gasteiger partial charge < -0.3 is 15.4 Å². The van der Waals surface area contributed by atoms with Crippen molar-refractivity contribution in [2.45, 2.75) is 26.0 Å². The van der Waals surface area contributed by atoms with E-state index in [4.69, 9.17) is 5.73 Å². The highest BCUT2D eigenvalue weighted by atomic mass is 19.3. The number of carbonyl (C=O) groups is 1. The molecule has 0 aliphatic heterocycles. The first kappa shape index (κ1) is 17.7. The molecule has 128 valence electrons. The van der Waals surface area contributed by atoms with Crippen LogP contribution < -0.4 is 10.5 Å². The van der Waals surface area contributed by atoms with E-state index in [1.807, 2.05) is 24.3 Å². The van der Waals surface area contributed by atoms with E-state index in [1.54, 1.807) is 24.1 Å². The minimum Gasteiger partial charge on any atom is -0.435 e. The SMILES string of the molecule is CN(Cc1ccc(OC(F)F)cc1)C(=O)CCc1ccccc1N. The molecule has 0 bridgehead atoms. The van der Waals surface area contributed by atoms with Gasteiger partial charge in [-0.25, -0.2) is 0 Å². The fourth-order valence-corrected chi connectivity index (χ4v) is 2.33. The summed E-state index contributed by atoms with van der Waals surface area (Å²) >= 11 is 0. The zero-order chi connectivity index (χ0) is 17.5. The number of alkyl halides is 2. The van der Waals surface area contributed by atoms with Crippen molar-refractivity contribution in [3.8, 4) is 5.75 Å². The van der Waals surface area contributed by atoms with Gasteiger partial charge in [-0.3, -0.25) is 4.79 Å². The molecule has 2 rings (SSSR count). The van der Waals surface area contributed by atoms with Crippen LogP contribution in [0.4, 0.5) is 14.5 Å². The summed E-state index contributed by atoms with van der Waals surface area (Å²) in [5, 5.41) is 0. The van der Waals surface area contributed by atoms with Gasteiger partial charge >= 0.3 is 6.61 Å². The van der Waals surface area contributed by atoms with E-state index in [9.17, 15) is 13.6 Å². The van der Waals surface area contributed by atoms with Crippen molar-refractivity contribution < 1.29 is 18.3 Å². The van der Waals surface area contributed by atoms with Crippen LogP contribution in [0.1, 0.15) is 17.5 Å². The third kappa shape index (κ3) is 5.22. The summed E-state index contributed by atoms with van der Waals surface area (Å²) < 4.78 is 28.5. The van der Waals surface area contributed by atoms with Gasteiger partial charge in [0.2, 0.25) is 5.91 Å². The number of nitrogen functional groups attached to an aromatic ring is 1. The number of para-hydroxylation sites is 1. The molecule has 24 heavy (non-hydrogen) atoms. The molecule has 0 aliphatic carbocycles. The molecule has 4 nitrogen and oxygen atoms in total. The van der Waals surface area contributed by atoms with Crippen molar-refractivity contribution in [2.75, 3.05) is 12.8 Å². The summed E-state index contributed by atoms with van der Waals surface area (Å²) in [7, 11) is 1.71. The number of carbonyl (C=O) groups excluding carboxylic acids is 1. The number of anilines is 1. The molecule has 2 aromatic carbocycles. The summed E-state index contributed by atoms with van der Waals surface area (Å²) in [6.45, 7) is -2.44. The molecule has 0 heterocycles. The molecule has 0 unspecified atom stereocenters. The fourth-order valence-electron chi connectivity index (χ4n) is 2.33. The summed E-state index contributed by atoms with van der Waals surface area (Å²) in [6, 6.07) is 13.7. The molecule has 6 heteroatoms. The Labute approximate surface area is 139 Å². The van der Waals surface area contributed by atoms with Crippen LogP contribution >= 0.6 is 0 Å². The minimum absolute atomic E-state index is 0.00819. The maximum Gasteiger partial charge on any atom is 0.387 e. The zero-order valence-corrected chi connectivity index (χ0v) is 13.4. The van der Waals surface area contributed by atoms with Crippen LogP contribution in [0.2, 0.25) is 0 Å². The summed E-state index contributed by atoms with van der Waals surface area (Å²) in [5.74, 6) is 0.0912. The second-order valence-electron chi connectivity index (χ2n) is 5.47. The van der Waals surface area contributed by atoms with Gasteiger partial charge in [0.15, 0.2) is 0 Å². The van der Waals surface area contributed by atoms with Crippen LogP contribution in [0, 0.1) is 0 Å². The molecule has 0 spiro atoms. The summed E-state index contributed by atoms with van der Waals surface area (Å²) in [6.07, 6.45) is 0.939. The van der Waals surface area contributed by atoms with Crippen molar-refractivity contribution in [2.24, 2.45) is 0 Å². The van der Waals surface area contributed by atoms with Crippen LogP contribution in [-0.2, 0) is 17.8 Å². The molecule has 0 radical (unpaired) electrons. The number of benzene rings is 2. The summed E-state index contributed by atoms with van der Waals surface area (Å²) in [5.41, 5.74) is 8.34. The number of aryl methyl sites for hydroxylation is 1. The van der Waals surface area contributed by atoms with E-state index in [-0.39, 0.29) is 11.7 Å². The molecule has 0 atom stereocenters. The number of ether oxygens (including phenoxy) is 1. The molecule has 2 N–H and O–H groups in total. The predicted octanol–water partition coefficient (Wildman–Crippen LogP) is 3.46. The second kappa shape index (κ2) is 8.29. The Balaban J connectivity index is 1.86. The lowest BCUT2D eigenvalue weighted by atomic mass is 10.1. The number of nitrogens with two attached hydrogens (primary N) is 1. The molecular formula is C18H20F2N2O2. The molecule has 0 fully saturated rings. The summed E-state index contributed by atoms with van der Waals surface area (Å²) in [4.78, 5) is 13.8. The number of nitrogens with zero attached hydrogens (tertiary/aromatic N) is 1. The van der Waals surface area contributed by atoms with Crippen LogP contribution in [0.25, 0.3) is 0 Å². The Morgan fingerprint density at radius 2 is 1.83 bits per heavy atom. The topological polar surface area (TPSA) is 55.6 Å². The van der Waals surface area contributed by atoms with Gasteiger partial charge in [-0.05, 0) is 35.7 Å². The quantitative estimate of drug-likeness (QED) is 0.789. The van der Waals surface area contributed by atoms with Gasteiger partial charge in [0.05, 0.1) is 0 Å². The average Bonchev–Trinajstić information content (AvgIpc) is 2.55. The van der Waals surface area contributed by atoms with Crippen molar-refractivity contribution in [3.63, 3.8) is 0 Å². The van der Waals surface area contributed by atoms with Crippen LogP contribution in [0.5, 0.6) is 5.75 Å². The van der Waals surface area contributed by atoms with E-state index in [1.165, 1.54) is 12.1 Å². The van der Waals surface area contributed by atoms with Gasteiger partial charge in [-0.2, -0.15) is 8.78 Å². The Kier molecular flexibility index (Phi) is 6.12. The lowest BCUT2D eigenvalue weighted by Crippen LogP contribution is -2.26. The van der Waals surface area contributed by atoms with Crippen LogP contribution in [0.3, 0.4) is 0 Å². The van der Waals surface area contributed by atoms with Crippen molar-refractivity contribution in [3.05, 3.63) is 59.7 Å². The highest BCUT2D eigenvalue weighted by molar-refractivity contribution is 5.76. The number of rotatable bonds is 7. The van der Waals surface area contributed by atoms with E-state index >= 15 is 0 Å². The Morgan fingerprint density at radius 1 is 1.17 bits per heavy atom. The standard InChI is InChI=1S/C18H20F2N2O2/c1-22(12-13-6-9-15(10-7-13)24-18(19)20)17(23)11-8-14-4-2-3-5-16(14)21/h2-7,9-10,18H,8,11-12,21H2,1H3. The Bertz CT molecular complexity index is 675. The molecule has 0 saturated heterocycles. The largest absolute Gasteiger partial charge is 0.435 e. The van der Waals surface area contributed by atoms with Crippen molar-refractivity contribution >= 4 is 11.6 Å². The van der Waals surface area contributed by atoms with Gasteiger partial charge in [0.1, 0.15) is 5.75 Å². The molecule has 0 saturated carbocycles. The lowest BCUT2D eigenvalue weighted by molar-refractivity contribution is -0.130. The van der Waals surface area contributed by atoms with E-state index < -0.39 is 6.61 Å². The Morgan fingerprint density at radius 3 is 2.46 bits per heavy atom. The highest BCUT2D eigenvalue weighted by Crippen LogP contribution is 2.17. The van der Waals surface area contributed by atoms with Crippen molar-refractivity contribution in [1.29, 1.82) is 0 Å². The first-order valence-corrected chi connectivity index (χ1v) is 7.57. The number of hydrogen-bond acceptors (Lipinski definition) is 3. The van der Waals surface area contributed by atoms with E-state index in [0.29, 0.717) is 25.1 Å². The van der Waals surface area contributed by atoms with Gasteiger partial charge in [-0.15, -0.1) is 0 Å². The monoisotopic (exact) mass is 334 g/mol. The number of halogens is 2. The smallest absolute Gasteiger partial charge is 0.387 e. The third-order valence-corrected chi connectivity index (χ3v) is 3.66. The maximum atomic E-state index is 12.2. The average molecular weight is 334 g/mol. The van der Waals surface area contributed by atoms with Crippen LogP contribution in [-0.4, -0.2) is 24.5 Å². The Hall–Kier alpha value is -2.63. The first-order chi connectivity index (χ1) is 11.5. The minimum atomic E-state index is -2.84. The van der Waals surface area contributed by atoms with Gasteiger partial charge in [0, 0.05) is 25.7 Å². The van der Waals surface area contributed by atoms with Crippen LogP contribution in [0.15, 0.2) is 48.5 Å². The maximum absolute atomic E-state index is 12.2. The van der Waals surface area contributed by atoms with Gasteiger partial charge in [0.25, 0.3) is 0 Å². The number of hydrogen-bond donors (Lipinski definition) is 1. The van der Waals surface area contributed by atoms with Gasteiger partial charge in [-0.1, -0.05) is 30.3 Å². The zero-order valence-electron chi connectivity index (χ0n) is 13.4. The third-order valence-electron chi connectivity index (χ3n) is 3.66. The van der Waals surface area contributed by atoms with Crippen molar-refractivity contribution in [1.82, 2.24) is 4.90 Å². The fraction of sp³-hybridized carbons (Fsp3) is 0.278. The predicted molar refractivity (Wildman–Crippen MR) is 88.7 cm³/mol. The number of amides is 1. The van der Waals surface area contributed by atoms with E-state index in [0.717, 1.165) is 11.1 Å². The highest BCUT2D eigenvalue weighted by Gasteiger charge is 2.11.